The zero-order chi connectivity index (χ0) is 17.3. The number of nitrogens with one attached hydrogen (secondary N) is 2. The SMILES string of the molecule is CC(=O)OC1CC2CC(NC(=O)Nc3ccc(Cl)cc3)CC1N2C. The minimum absolute atomic E-state index is 0.0732. The first-order valence-corrected chi connectivity index (χ1v) is 8.52. The third-order valence-corrected chi connectivity index (χ3v) is 5.12. The summed E-state index contributed by atoms with van der Waals surface area (Å²) in [5.74, 6) is -0.244. The van der Waals surface area contributed by atoms with Crippen molar-refractivity contribution in [3.05, 3.63) is 29.3 Å². The van der Waals surface area contributed by atoms with Gasteiger partial charge in [0.1, 0.15) is 6.10 Å². The Morgan fingerprint density at radius 2 is 1.92 bits per heavy atom. The molecular formula is C17H22ClN3O3. The van der Waals surface area contributed by atoms with E-state index in [0.29, 0.717) is 16.8 Å². The first-order valence-electron chi connectivity index (χ1n) is 8.14. The van der Waals surface area contributed by atoms with Crippen molar-refractivity contribution in [2.75, 3.05) is 12.4 Å². The number of hydrogen-bond acceptors (Lipinski definition) is 4. The molecule has 2 aliphatic heterocycles. The van der Waals surface area contributed by atoms with Crippen molar-refractivity contribution in [1.82, 2.24) is 10.2 Å². The van der Waals surface area contributed by atoms with Crippen LogP contribution in [-0.2, 0) is 9.53 Å². The lowest BCUT2D eigenvalue weighted by Gasteiger charge is -2.36. The molecule has 4 unspecified atom stereocenters. The number of hydrogen-bond donors (Lipinski definition) is 2. The molecular weight excluding hydrogens is 330 g/mol. The molecule has 0 aromatic heterocycles. The van der Waals surface area contributed by atoms with Crippen molar-refractivity contribution in [3.8, 4) is 0 Å². The Balaban J connectivity index is 1.56. The number of likely N-dealkylation sites (N-methyl/N-ethyl adjacent to an activating group) is 1. The number of ether oxygens (including phenoxy) is 1. The van der Waals surface area contributed by atoms with Gasteiger partial charge in [0.15, 0.2) is 0 Å². The van der Waals surface area contributed by atoms with Gasteiger partial charge in [-0.3, -0.25) is 9.69 Å². The molecule has 130 valence electrons. The maximum absolute atomic E-state index is 12.2. The molecule has 24 heavy (non-hydrogen) atoms. The highest BCUT2D eigenvalue weighted by atomic mass is 35.5. The number of piperidine rings is 1. The van der Waals surface area contributed by atoms with Gasteiger partial charge in [-0.1, -0.05) is 11.6 Å². The van der Waals surface area contributed by atoms with Crippen LogP contribution in [0.2, 0.25) is 5.02 Å². The zero-order valence-corrected chi connectivity index (χ0v) is 14.5. The molecule has 2 bridgehead atoms. The Morgan fingerprint density at radius 1 is 1.21 bits per heavy atom. The van der Waals surface area contributed by atoms with Crippen LogP contribution in [0, 0.1) is 0 Å². The molecule has 0 radical (unpaired) electrons. The van der Waals surface area contributed by atoms with Gasteiger partial charge in [-0.25, -0.2) is 4.79 Å². The first-order chi connectivity index (χ1) is 11.4. The fourth-order valence-corrected chi connectivity index (χ4v) is 3.89. The molecule has 6 nitrogen and oxygen atoms in total. The van der Waals surface area contributed by atoms with Gasteiger partial charge in [0.25, 0.3) is 0 Å². The van der Waals surface area contributed by atoms with Crippen LogP contribution >= 0.6 is 11.6 Å². The molecule has 2 saturated heterocycles. The Morgan fingerprint density at radius 3 is 2.58 bits per heavy atom. The van der Waals surface area contributed by atoms with Crippen LogP contribution in [0.5, 0.6) is 0 Å². The van der Waals surface area contributed by atoms with Crippen LogP contribution in [0.15, 0.2) is 24.3 Å². The number of amides is 2. The van der Waals surface area contributed by atoms with Crippen LogP contribution < -0.4 is 10.6 Å². The van der Waals surface area contributed by atoms with Crippen LogP contribution in [-0.4, -0.2) is 48.2 Å². The third kappa shape index (κ3) is 3.82. The topological polar surface area (TPSA) is 70.7 Å². The third-order valence-electron chi connectivity index (χ3n) is 4.87. The van der Waals surface area contributed by atoms with Gasteiger partial charge < -0.3 is 15.4 Å². The number of nitrogens with zero attached hydrogens (tertiary/aromatic N) is 1. The van der Waals surface area contributed by atoms with Crippen LogP contribution in [0.4, 0.5) is 10.5 Å². The van der Waals surface area contributed by atoms with Gasteiger partial charge >= 0.3 is 12.0 Å². The molecule has 3 rings (SSSR count). The Labute approximate surface area is 146 Å². The van der Waals surface area contributed by atoms with E-state index in [2.05, 4.69) is 22.6 Å². The summed E-state index contributed by atoms with van der Waals surface area (Å²) < 4.78 is 5.43. The quantitative estimate of drug-likeness (QED) is 0.821. The number of fused-ring (bicyclic) bond motifs is 2. The first kappa shape index (κ1) is 17.0. The monoisotopic (exact) mass is 351 g/mol. The molecule has 2 aliphatic rings. The summed E-state index contributed by atoms with van der Waals surface area (Å²) in [6, 6.07) is 7.32. The molecule has 2 N–H and O–H groups in total. The largest absolute Gasteiger partial charge is 0.461 e. The number of rotatable bonds is 3. The van der Waals surface area contributed by atoms with Gasteiger partial charge in [-0.05, 0) is 44.2 Å². The lowest BCUT2D eigenvalue weighted by Crippen LogP contribution is -2.51. The summed E-state index contributed by atoms with van der Waals surface area (Å²) in [6.45, 7) is 1.44. The fourth-order valence-electron chi connectivity index (χ4n) is 3.76. The lowest BCUT2D eigenvalue weighted by atomic mass is 9.98. The summed E-state index contributed by atoms with van der Waals surface area (Å²) in [4.78, 5) is 25.7. The van der Waals surface area contributed by atoms with E-state index < -0.39 is 0 Å². The number of anilines is 1. The minimum atomic E-state index is -0.244. The van der Waals surface area contributed by atoms with Gasteiger partial charge in [0, 0.05) is 42.2 Å². The van der Waals surface area contributed by atoms with E-state index in [9.17, 15) is 9.59 Å². The molecule has 2 heterocycles. The highest BCUT2D eigenvalue weighted by Gasteiger charge is 2.46. The van der Waals surface area contributed by atoms with E-state index in [1.54, 1.807) is 24.3 Å². The maximum atomic E-state index is 12.2. The van der Waals surface area contributed by atoms with Gasteiger partial charge in [-0.2, -0.15) is 0 Å². The average Bonchev–Trinajstić information content (AvgIpc) is 2.68. The van der Waals surface area contributed by atoms with Crippen molar-refractivity contribution < 1.29 is 14.3 Å². The molecule has 1 aromatic rings. The molecule has 0 aliphatic carbocycles. The molecule has 2 fully saturated rings. The molecule has 0 spiro atoms. The summed E-state index contributed by atoms with van der Waals surface area (Å²) in [7, 11) is 2.06. The van der Waals surface area contributed by atoms with Crippen LogP contribution in [0.25, 0.3) is 0 Å². The predicted octanol–water partition coefficient (Wildman–Crippen LogP) is 2.63. The molecule has 7 heteroatoms. The van der Waals surface area contributed by atoms with Crippen molar-refractivity contribution >= 4 is 29.3 Å². The standard InChI is InChI=1S/C17H22ClN3O3/c1-10(22)24-16-9-14-7-13(8-15(16)21(14)2)20-17(23)19-12-5-3-11(18)4-6-12/h3-6,13-16H,7-9H2,1-2H3,(H2,19,20,23). The second kappa shape index (κ2) is 6.99. The van der Waals surface area contributed by atoms with Crippen molar-refractivity contribution in [3.63, 3.8) is 0 Å². The number of urea groups is 1. The molecule has 0 saturated carbocycles. The van der Waals surface area contributed by atoms with E-state index in [-0.39, 0.29) is 30.2 Å². The summed E-state index contributed by atoms with van der Waals surface area (Å²) >= 11 is 5.84. The average molecular weight is 352 g/mol. The summed E-state index contributed by atoms with van der Waals surface area (Å²) in [5, 5.41) is 6.47. The Bertz CT molecular complexity index is 622. The predicted molar refractivity (Wildman–Crippen MR) is 92.1 cm³/mol. The van der Waals surface area contributed by atoms with Crippen molar-refractivity contribution in [1.29, 1.82) is 0 Å². The highest BCUT2D eigenvalue weighted by molar-refractivity contribution is 6.30. The van der Waals surface area contributed by atoms with Crippen molar-refractivity contribution in [2.24, 2.45) is 0 Å². The highest BCUT2D eigenvalue weighted by Crippen LogP contribution is 2.36. The molecule has 1 aromatic carbocycles. The fraction of sp³-hybridized carbons (Fsp3) is 0.529. The number of esters is 1. The molecule has 2 amide bonds. The number of carbonyl (C=O) groups is 2. The van der Waals surface area contributed by atoms with Crippen LogP contribution in [0.3, 0.4) is 0 Å². The number of benzene rings is 1. The second-order valence-corrected chi connectivity index (χ2v) is 6.98. The Hall–Kier alpha value is -1.79. The molecule has 4 atom stereocenters. The normalized spacial score (nSPS) is 29.1. The van der Waals surface area contributed by atoms with E-state index in [4.69, 9.17) is 16.3 Å². The van der Waals surface area contributed by atoms with Crippen molar-refractivity contribution in [2.45, 2.75) is 50.4 Å². The maximum Gasteiger partial charge on any atom is 0.319 e. The van der Waals surface area contributed by atoms with E-state index in [0.717, 1.165) is 19.3 Å². The number of carbonyl (C=O) groups excluding carboxylic acids is 2. The zero-order valence-electron chi connectivity index (χ0n) is 13.8. The van der Waals surface area contributed by atoms with E-state index in [1.807, 2.05) is 0 Å². The minimum Gasteiger partial charge on any atom is -0.461 e. The smallest absolute Gasteiger partial charge is 0.319 e. The van der Waals surface area contributed by atoms with E-state index >= 15 is 0 Å². The van der Waals surface area contributed by atoms with Gasteiger partial charge in [0.2, 0.25) is 0 Å². The van der Waals surface area contributed by atoms with Gasteiger partial charge in [-0.15, -0.1) is 0 Å². The van der Waals surface area contributed by atoms with Crippen LogP contribution in [0.1, 0.15) is 26.2 Å². The summed E-state index contributed by atoms with van der Waals surface area (Å²) in [6.07, 6.45) is 2.39. The number of halogens is 1. The summed E-state index contributed by atoms with van der Waals surface area (Å²) in [5.41, 5.74) is 0.700. The lowest BCUT2D eigenvalue weighted by molar-refractivity contribution is -0.147. The Kier molecular flexibility index (Phi) is 4.96. The van der Waals surface area contributed by atoms with E-state index in [1.165, 1.54) is 6.92 Å². The second-order valence-electron chi connectivity index (χ2n) is 6.54. The van der Waals surface area contributed by atoms with Gasteiger partial charge in [0.05, 0.1) is 0 Å².